The summed E-state index contributed by atoms with van der Waals surface area (Å²) >= 11 is 1.24. The highest BCUT2D eigenvalue weighted by atomic mass is 32.2. The molecule has 0 saturated heterocycles. The number of halogens is 2. The zero-order valence-corrected chi connectivity index (χ0v) is 18.6. The molecule has 32 heavy (non-hydrogen) atoms. The van der Waals surface area contributed by atoms with E-state index < -0.39 is 21.7 Å². The monoisotopic (exact) mass is 473 g/mol. The van der Waals surface area contributed by atoms with Crippen LogP contribution in [0.5, 0.6) is 0 Å². The van der Waals surface area contributed by atoms with E-state index in [2.05, 4.69) is 25.0 Å². The number of aryl methyl sites for hydroxylation is 2. The van der Waals surface area contributed by atoms with E-state index in [0.29, 0.717) is 27.9 Å². The normalized spacial score (nSPS) is 11.4. The van der Waals surface area contributed by atoms with Gasteiger partial charge in [0.2, 0.25) is 5.95 Å². The molecule has 0 aliphatic carbocycles. The summed E-state index contributed by atoms with van der Waals surface area (Å²) in [4.78, 5) is 12.5. The molecule has 0 spiro atoms. The molecule has 2 aromatic carbocycles. The number of benzene rings is 2. The van der Waals surface area contributed by atoms with Crippen LogP contribution in [-0.2, 0) is 10.0 Å². The van der Waals surface area contributed by atoms with Gasteiger partial charge < -0.3 is 5.32 Å². The number of nitrogens with zero attached hydrogens (tertiary/aromatic N) is 3. The number of aromatic nitrogens is 3. The van der Waals surface area contributed by atoms with Crippen molar-refractivity contribution in [2.45, 2.75) is 18.7 Å². The van der Waals surface area contributed by atoms with Crippen LogP contribution in [0.1, 0.15) is 11.4 Å². The number of rotatable bonds is 6. The summed E-state index contributed by atoms with van der Waals surface area (Å²) in [6, 6.07) is 11.1. The Bertz CT molecular complexity index is 1370. The van der Waals surface area contributed by atoms with Gasteiger partial charge in [-0.25, -0.2) is 36.9 Å². The molecule has 2 N–H and O–H groups in total. The smallest absolute Gasteiger partial charge is 0.264 e. The van der Waals surface area contributed by atoms with Gasteiger partial charge in [-0.2, -0.15) is 0 Å². The second-order valence-electron chi connectivity index (χ2n) is 6.89. The van der Waals surface area contributed by atoms with E-state index in [0.717, 1.165) is 6.07 Å². The van der Waals surface area contributed by atoms with Crippen molar-refractivity contribution in [1.29, 1.82) is 0 Å². The quantitative estimate of drug-likeness (QED) is 0.407. The van der Waals surface area contributed by atoms with Gasteiger partial charge in [0.1, 0.15) is 11.6 Å². The van der Waals surface area contributed by atoms with Gasteiger partial charge in [-0.3, -0.25) is 0 Å². The predicted octanol–water partition coefficient (Wildman–Crippen LogP) is 5.04. The van der Waals surface area contributed by atoms with Crippen LogP contribution >= 0.6 is 11.3 Å². The minimum absolute atomic E-state index is 0.00745. The van der Waals surface area contributed by atoms with Gasteiger partial charge in [0.25, 0.3) is 10.0 Å². The highest BCUT2D eigenvalue weighted by Crippen LogP contribution is 2.29. The number of hydrogen-bond acceptors (Lipinski definition) is 7. The highest BCUT2D eigenvalue weighted by Gasteiger charge is 2.16. The first-order valence-corrected chi connectivity index (χ1v) is 11.7. The molecule has 164 valence electrons. The zero-order valence-electron chi connectivity index (χ0n) is 16.9. The molecule has 0 bridgehead atoms. The lowest BCUT2D eigenvalue weighted by Crippen LogP contribution is -2.15. The average molecular weight is 474 g/mol. The Kier molecular flexibility index (Phi) is 5.85. The Morgan fingerprint density at radius 3 is 2.25 bits per heavy atom. The third kappa shape index (κ3) is 4.89. The topological polar surface area (TPSA) is 96.9 Å². The summed E-state index contributed by atoms with van der Waals surface area (Å²) in [7, 11) is -3.86. The maximum Gasteiger partial charge on any atom is 0.264 e. The molecule has 7 nitrogen and oxygen atoms in total. The fraction of sp³-hybridized carbons (Fsp3) is 0.0952. The summed E-state index contributed by atoms with van der Waals surface area (Å²) in [5.41, 5.74) is 2.45. The molecule has 0 fully saturated rings. The second-order valence-corrected chi connectivity index (χ2v) is 9.43. The van der Waals surface area contributed by atoms with E-state index in [9.17, 15) is 17.2 Å². The molecule has 0 aliphatic rings. The van der Waals surface area contributed by atoms with Crippen molar-refractivity contribution in [2.24, 2.45) is 0 Å². The van der Waals surface area contributed by atoms with Crippen LogP contribution in [0.25, 0.3) is 11.3 Å². The second kappa shape index (κ2) is 8.60. The minimum atomic E-state index is -3.86. The first-order valence-electron chi connectivity index (χ1n) is 9.33. The summed E-state index contributed by atoms with van der Waals surface area (Å²) in [5, 5.41) is 5.16. The van der Waals surface area contributed by atoms with E-state index in [1.54, 1.807) is 37.4 Å². The third-order valence-corrected chi connectivity index (χ3v) is 6.44. The molecule has 0 radical (unpaired) electrons. The fourth-order valence-electron chi connectivity index (χ4n) is 2.94. The Morgan fingerprint density at radius 2 is 1.59 bits per heavy atom. The van der Waals surface area contributed by atoms with Gasteiger partial charge in [0, 0.05) is 34.1 Å². The number of thiazole rings is 1. The van der Waals surface area contributed by atoms with Crippen LogP contribution in [0.3, 0.4) is 0 Å². The maximum absolute atomic E-state index is 14.0. The summed E-state index contributed by atoms with van der Waals surface area (Å²) < 4.78 is 54.7. The molecule has 0 atom stereocenters. The Morgan fingerprint density at radius 1 is 0.906 bits per heavy atom. The average Bonchev–Trinajstić information content (AvgIpc) is 3.15. The maximum atomic E-state index is 14.0. The number of nitrogens with one attached hydrogen (secondary N) is 2. The van der Waals surface area contributed by atoms with Crippen molar-refractivity contribution in [3.8, 4) is 11.3 Å². The molecule has 2 aromatic heterocycles. The third-order valence-electron chi connectivity index (χ3n) is 4.34. The largest absolute Gasteiger partial charge is 0.332 e. The molecule has 0 unspecified atom stereocenters. The number of hydrogen-bond donors (Lipinski definition) is 2. The number of anilines is 3. The van der Waals surface area contributed by atoms with Crippen LogP contribution in [0.4, 0.5) is 25.5 Å². The Hall–Kier alpha value is -3.44. The molecule has 2 heterocycles. The molecule has 0 saturated carbocycles. The summed E-state index contributed by atoms with van der Waals surface area (Å²) in [6.07, 6.45) is 0. The SMILES string of the molecule is Cc1cc(C)nc(NS(=O)(=O)c2ccc(Nc3nc(-c4ccc(F)cc4F)cs3)cc2)n1. The van der Waals surface area contributed by atoms with E-state index in [4.69, 9.17) is 0 Å². The van der Waals surface area contributed by atoms with Gasteiger partial charge >= 0.3 is 0 Å². The first kappa shape index (κ1) is 21.8. The standard InChI is InChI=1S/C21H17F2N5O2S2/c1-12-9-13(2)25-20(24-12)28-32(29,30)16-6-4-15(5-7-16)26-21-27-19(11-31-21)17-8-3-14(22)10-18(17)23/h3-11H,1-2H3,(H,26,27)(H,24,25,28). The van der Waals surface area contributed by atoms with E-state index in [-0.39, 0.29) is 16.4 Å². The molecule has 0 amide bonds. The van der Waals surface area contributed by atoms with Gasteiger partial charge in [-0.05, 0) is 56.3 Å². The van der Waals surface area contributed by atoms with Gasteiger partial charge in [0.05, 0.1) is 10.6 Å². The lowest BCUT2D eigenvalue weighted by Gasteiger charge is -2.09. The van der Waals surface area contributed by atoms with Crippen LogP contribution in [0, 0.1) is 25.5 Å². The van der Waals surface area contributed by atoms with Crippen molar-refractivity contribution >= 4 is 38.1 Å². The van der Waals surface area contributed by atoms with Crippen molar-refractivity contribution in [3.05, 3.63) is 76.9 Å². The molecule has 0 aliphatic heterocycles. The van der Waals surface area contributed by atoms with Gasteiger partial charge in [-0.15, -0.1) is 11.3 Å². The summed E-state index contributed by atoms with van der Waals surface area (Å²) in [5.74, 6) is -1.35. The Labute approximate surface area is 187 Å². The van der Waals surface area contributed by atoms with Crippen LogP contribution in [0.2, 0.25) is 0 Å². The highest BCUT2D eigenvalue weighted by molar-refractivity contribution is 7.92. The molecular formula is C21H17F2N5O2S2. The molecular weight excluding hydrogens is 456 g/mol. The van der Waals surface area contributed by atoms with Crippen molar-refractivity contribution in [2.75, 3.05) is 10.0 Å². The minimum Gasteiger partial charge on any atom is -0.332 e. The van der Waals surface area contributed by atoms with Crippen molar-refractivity contribution in [3.63, 3.8) is 0 Å². The lowest BCUT2D eigenvalue weighted by atomic mass is 10.1. The van der Waals surface area contributed by atoms with E-state index in [1.165, 1.54) is 35.6 Å². The molecule has 11 heteroatoms. The zero-order chi connectivity index (χ0) is 22.9. The predicted molar refractivity (Wildman–Crippen MR) is 120 cm³/mol. The molecule has 4 aromatic rings. The number of sulfonamides is 1. The van der Waals surface area contributed by atoms with Crippen LogP contribution < -0.4 is 10.0 Å². The Balaban J connectivity index is 1.49. The van der Waals surface area contributed by atoms with Gasteiger partial charge in [-0.1, -0.05) is 0 Å². The van der Waals surface area contributed by atoms with Crippen molar-refractivity contribution in [1.82, 2.24) is 15.0 Å². The van der Waals surface area contributed by atoms with E-state index >= 15 is 0 Å². The first-order chi connectivity index (χ1) is 15.2. The van der Waals surface area contributed by atoms with Crippen LogP contribution in [-0.4, -0.2) is 23.4 Å². The van der Waals surface area contributed by atoms with E-state index in [1.807, 2.05) is 0 Å². The lowest BCUT2D eigenvalue weighted by molar-refractivity contribution is 0.585. The van der Waals surface area contributed by atoms with Gasteiger partial charge in [0.15, 0.2) is 5.13 Å². The van der Waals surface area contributed by atoms with Crippen LogP contribution in [0.15, 0.2) is 58.8 Å². The summed E-state index contributed by atoms with van der Waals surface area (Å²) in [6.45, 7) is 3.50. The fourth-order valence-corrected chi connectivity index (χ4v) is 4.62. The van der Waals surface area contributed by atoms with Crippen molar-refractivity contribution < 1.29 is 17.2 Å². The molecule has 4 rings (SSSR count).